The molecule has 1 saturated heterocycles. The number of carbonyl (C=O) groups excluding carboxylic acids is 1. The number of alkyl halides is 3. The fraction of sp³-hybridized carbons (Fsp3) is 0.333. The minimum Gasteiger partial charge on any atom is -0.370 e. The number of rotatable bonds is 5. The van der Waals surface area contributed by atoms with Gasteiger partial charge in [0.05, 0.1) is 16.9 Å². The summed E-state index contributed by atoms with van der Waals surface area (Å²) >= 11 is 5.18. The first-order valence-corrected chi connectivity index (χ1v) is 10.9. The first-order valence-electron chi connectivity index (χ1n) is 10.5. The monoisotopic (exact) mass is 461 g/mol. The van der Waals surface area contributed by atoms with Crippen molar-refractivity contribution in [3.8, 4) is 0 Å². The van der Waals surface area contributed by atoms with Crippen molar-refractivity contribution in [3.05, 3.63) is 65.2 Å². The third kappa shape index (κ3) is 6.32. The van der Waals surface area contributed by atoms with E-state index in [0.717, 1.165) is 43.6 Å². The molecule has 2 aromatic rings. The minimum atomic E-state index is -4.47. The van der Waals surface area contributed by atoms with E-state index in [2.05, 4.69) is 24.5 Å². The molecule has 1 aliphatic heterocycles. The van der Waals surface area contributed by atoms with Gasteiger partial charge >= 0.3 is 6.18 Å². The molecule has 32 heavy (non-hydrogen) atoms. The Morgan fingerprint density at radius 1 is 1.09 bits per heavy atom. The van der Waals surface area contributed by atoms with Crippen LogP contribution in [0.25, 0.3) is 6.08 Å². The lowest BCUT2D eigenvalue weighted by Crippen LogP contribution is -2.33. The summed E-state index contributed by atoms with van der Waals surface area (Å²) in [6.45, 7) is 5.73. The van der Waals surface area contributed by atoms with Gasteiger partial charge in [0.15, 0.2) is 5.11 Å². The van der Waals surface area contributed by atoms with Gasteiger partial charge in [-0.1, -0.05) is 38.1 Å². The fourth-order valence-corrected chi connectivity index (χ4v) is 3.73. The lowest BCUT2D eigenvalue weighted by Gasteiger charge is -2.23. The molecule has 4 nitrogen and oxygen atoms in total. The molecule has 0 aliphatic carbocycles. The van der Waals surface area contributed by atoms with E-state index in [4.69, 9.17) is 12.2 Å². The van der Waals surface area contributed by atoms with E-state index in [0.29, 0.717) is 11.6 Å². The zero-order valence-corrected chi connectivity index (χ0v) is 18.8. The summed E-state index contributed by atoms with van der Waals surface area (Å²) < 4.78 is 39.6. The van der Waals surface area contributed by atoms with Crippen LogP contribution in [0.5, 0.6) is 0 Å². The van der Waals surface area contributed by atoms with Crippen molar-refractivity contribution in [1.29, 1.82) is 0 Å². The smallest absolute Gasteiger partial charge is 0.370 e. The first-order chi connectivity index (χ1) is 15.1. The topological polar surface area (TPSA) is 44.4 Å². The van der Waals surface area contributed by atoms with Gasteiger partial charge in [-0.25, -0.2) is 0 Å². The second-order valence-corrected chi connectivity index (χ2v) is 8.43. The highest BCUT2D eigenvalue weighted by atomic mass is 32.1. The molecule has 0 bridgehead atoms. The molecule has 0 atom stereocenters. The van der Waals surface area contributed by atoms with E-state index in [1.165, 1.54) is 17.7 Å². The summed E-state index contributed by atoms with van der Waals surface area (Å²) in [4.78, 5) is 14.3. The van der Waals surface area contributed by atoms with E-state index in [9.17, 15) is 18.0 Å². The highest BCUT2D eigenvalue weighted by Gasteiger charge is 2.31. The Labute approximate surface area is 191 Å². The highest BCUT2D eigenvalue weighted by molar-refractivity contribution is 7.80. The third-order valence-corrected chi connectivity index (χ3v) is 5.49. The van der Waals surface area contributed by atoms with Crippen molar-refractivity contribution in [3.63, 3.8) is 0 Å². The van der Waals surface area contributed by atoms with Gasteiger partial charge in [0.25, 0.3) is 0 Å². The maximum Gasteiger partial charge on any atom is 0.416 e. The summed E-state index contributed by atoms with van der Waals surface area (Å²) in [6.07, 6.45) is 0.474. The van der Waals surface area contributed by atoms with E-state index < -0.39 is 17.6 Å². The molecule has 0 aromatic heterocycles. The maximum absolute atomic E-state index is 13.2. The number of nitrogens with one attached hydrogen (secondary N) is 2. The SMILES string of the molecule is CC(C)c1ccc(C=CC(=O)NC(=S)Nc2cc(C(F)(F)F)ccc2N2CCCC2)cc1. The molecular weight excluding hydrogens is 435 g/mol. The average molecular weight is 462 g/mol. The van der Waals surface area contributed by atoms with E-state index in [-0.39, 0.29) is 10.8 Å². The molecule has 1 amide bonds. The van der Waals surface area contributed by atoms with Crippen molar-refractivity contribution in [2.24, 2.45) is 0 Å². The number of benzene rings is 2. The molecule has 1 heterocycles. The number of anilines is 2. The van der Waals surface area contributed by atoms with Crippen molar-refractivity contribution in [1.82, 2.24) is 5.32 Å². The number of thiocarbonyl (C=S) groups is 1. The summed E-state index contributed by atoms with van der Waals surface area (Å²) in [6, 6.07) is 11.4. The Morgan fingerprint density at radius 2 is 1.75 bits per heavy atom. The van der Waals surface area contributed by atoms with Crippen LogP contribution >= 0.6 is 12.2 Å². The maximum atomic E-state index is 13.2. The van der Waals surface area contributed by atoms with Gasteiger partial charge in [-0.3, -0.25) is 10.1 Å². The van der Waals surface area contributed by atoms with Crippen LogP contribution in [0, 0.1) is 0 Å². The van der Waals surface area contributed by atoms with Crippen LogP contribution in [0.2, 0.25) is 0 Å². The molecule has 3 rings (SSSR count). The summed E-state index contributed by atoms with van der Waals surface area (Å²) in [5, 5.41) is 5.21. The molecule has 170 valence electrons. The predicted octanol–water partition coefficient (Wildman–Crippen LogP) is 5.96. The number of amides is 1. The molecule has 0 radical (unpaired) electrons. The van der Waals surface area contributed by atoms with Gasteiger partial charge in [0.2, 0.25) is 5.91 Å². The van der Waals surface area contributed by atoms with Crippen LogP contribution in [0.3, 0.4) is 0 Å². The average Bonchev–Trinajstić information content (AvgIpc) is 3.26. The van der Waals surface area contributed by atoms with Crippen LogP contribution in [-0.2, 0) is 11.0 Å². The first kappa shape index (κ1) is 23.8. The number of hydrogen-bond acceptors (Lipinski definition) is 3. The largest absolute Gasteiger partial charge is 0.416 e. The lowest BCUT2D eigenvalue weighted by atomic mass is 10.0. The molecule has 0 saturated carbocycles. The third-order valence-electron chi connectivity index (χ3n) is 5.29. The van der Waals surface area contributed by atoms with Crippen LogP contribution in [0.1, 0.15) is 49.3 Å². The number of carbonyl (C=O) groups is 1. The standard InChI is InChI=1S/C24H26F3N3OS/c1-16(2)18-8-5-17(6-9-18)7-12-22(31)29-23(32)28-20-15-19(24(25,26)27)10-11-21(20)30-13-3-4-14-30/h5-12,15-16H,3-4,13-14H2,1-2H3,(H2,28,29,31,32). The fourth-order valence-electron chi connectivity index (χ4n) is 3.52. The van der Waals surface area contributed by atoms with Crippen molar-refractivity contribution in [2.45, 2.75) is 38.8 Å². The number of nitrogens with zero attached hydrogens (tertiary/aromatic N) is 1. The molecule has 1 fully saturated rings. The Bertz CT molecular complexity index is 995. The van der Waals surface area contributed by atoms with Crippen LogP contribution in [0.4, 0.5) is 24.5 Å². The second kappa shape index (κ2) is 10.2. The Kier molecular flexibility index (Phi) is 7.56. The molecule has 2 N–H and O–H groups in total. The number of hydrogen-bond donors (Lipinski definition) is 2. The van der Waals surface area contributed by atoms with Crippen molar-refractivity contribution >= 4 is 40.7 Å². The summed E-state index contributed by atoms with van der Waals surface area (Å²) in [7, 11) is 0. The molecule has 2 aromatic carbocycles. The van der Waals surface area contributed by atoms with E-state index >= 15 is 0 Å². The zero-order chi connectivity index (χ0) is 23.3. The van der Waals surface area contributed by atoms with Gasteiger partial charge in [0, 0.05) is 19.2 Å². The normalized spacial score (nSPS) is 14.2. The predicted molar refractivity (Wildman–Crippen MR) is 127 cm³/mol. The van der Waals surface area contributed by atoms with E-state index in [1.54, 1.807) is 6.08 Å². The Balaban J connectivity index is 1.68. The van der Waals surface area contributed by atoms with Gasteiger partial charge in [-0.15, -0.1) is 0 Å². The quantitative estimate of drug-likeness (QED) is 0.426. The second-order valence-electron chi connectivity index (χ2n) is 8.02. The van der Waals surface area contributed by atoms with Crippen molar-refractivity contribution in [2.75, 3.05) is 23.3 Å². The Hall–Kier alpha value is -2.87. The van der Waals surface area contributed by atoms with Gasteiger partial charge in [-0.2, -0.15) is 13.2 Å². The van der Waals surface area contributed by atoms with Crippen LogP contribution in [-0.4, -0.2) is 24.1 Å². The number of halogens is 3. The molecule has 8 heteroatoms. The van der Waals surface area contributed by atoms with E-state index in [1.807, 2.05) is 29.2 Å². The van der Waals surface area contributed by atoms with Crippen molar-refractivity contribution < 1.29 is 18.0 Å². The van der Waals surface area contributed by atoms with Crippen LogP contribution < -0.4 is 15.5 Å². The van der Waals surface area contributed by atoms with Gasteiger partial charge < -0.3 is 10.2 Å². The Morgan fingerprint density at radius 3 is 2.34 bits per heavy atom. The molecular formula is C24H26F3N3OS. The summed E-state index contributed by atoms with van der Waals surface area (Å²) in [5.74, 6) is -0.0498. The van der Waals surface area contributed by atoms with Gasteiger partial charge in [0.1, 0.15) is 0 Å². The lowest BCUT2D eigenvalue weighted by molar-refractivity contribution is -0.137. The summed E-state index contributed by atoms with van der Waals surface area (Å²) in [5.41, 5.74) is 2.14. The molecule has 0 unspecified atom stereocenters. The highest BCUT2D eigenvalue weighted by Crippen LogP contribution is 2.36. The zero-order valence-electron chi connectivity index (χ0n) is 18.0. The van der Waals surface area contributed by atoms with Crippen LogP contribution in [0.15, 0.2) is 48.5 Å². The molecule has 0 spiro atoms. The minimum absolute atomic E-state index is 0.0606. The van der Waals surface area contributed by atoms with Gasteiger partial charge in [-0.05, 0) is 66.4 Å². The molecule has 1 aliphatic rings.